The van der Waals surface area contributed by atoms with Crippen molar-refractivity contribution in [2.75, 3.05) is 13.2 Å². The minimum Gasteiger partial charge on any atom is -0.477 e. The van der Waals surface area contributed by atoms with Gasteiger partial charge in [0.15, 0.2) is 0 Å². The molecule has 0 aliphatic heterocycles. The molecule has 0 aliphatic rings. The molecule has 0 unspecified atom stereocenters. The molecular formula is C20H22FNO6. The van der Waals surface area contributed by atoms with Gasteiger partial charge in [-0.3, -0.25) is 4.79 Å². The van der Waals surface area contributed by atoms with E-state index in [2.05, 4.69) is 4.98 Å². The van der Waals surface area contributed by atoms with Gasteiger partial charge in [0.1, 0.15) is 11.5 Å². The Bertz CT molecular complexity index is 874. The Morgan fingerprint density at radius 2 is 1.82 bits per heavy atom. The molecule has 0 saturated carbocycles. The van der Waals surface area contributed by atoms with Gasteiger partial charge < -0.3 is 19.6 Å². The molecule has 1 aromatic heterocycles. The third-order valence-corrected chi connectivity index (χ3v) is 4.05. The van der Waals surface area contributed by atoms with Crippen molar-refractivity contribution in [2.24, 2.45) is 0 Å². The van der Waals surface area contributed by atoms with Crippen LogP contribution in [0.5, 0.6) is 0 Å². The molecule has 8 heteroatoms. The van der Waals surface area contributed by atoms with Crippen LogP contribution in [0.4, 0.5) is 4.39 Å². The number of esters is 2. The van der Waals surface area contributed by atoms with E-state index in [0.29, 0.717) is 12.0 Å². The van der Waals surface area contributed by atoms with E-state index in [9.17, 15) is 23.9 Å². The van der Waals surface area contributed by atoms with Crippen LogP contribution in [0.1, 0.15) is 51.5 Å². The van der Waals surface area contributed by atoms with E-state index in [1.165, 1.54) is 12.1 Å². The Kier molecular flexibility index (Phi) is 7.31. The van der Waals surface area contributed by atoms with Crippen LogP contribution in [0.3, 0.4) is 0 Å². The number of carbonyl (C=O) groups excluding carboxylic acids is 2. The van der Waals surface area contributed by atoms with Crippen molar-refractivity contribution >= 4 is 17.9 Å². The highest BCUT2D eigenvalue weighted by molar-refractivity contribution is 5.99. The number of carbonyl (C=O) groups is 3. The zero-order valence-corrected chi connectivity index (χ0v) is 15.7. The summed E-state index contributed by atoms with van der Waals surface area (Å²) in [6, 6.07) is 5.92. The average molecular weight is 391 g/mol. The normalized spacial score (nSPS) is 10.5. The fourth-order valence-corrected chi connectivity index (χ4v) is 2.93. The van der Waals surface area contributed by atoms with Gasteiger partial charge in [-0.05, 0) is 49.9 Å². The zero-order valence-electron chi connectivity index (χ0n) is 15.7. The number of carboxylic acid groups (broad SMARTS) is 1. The van der Waals surface area contributed by atoms with E-state index in [1.54, 1.807) is 26.0 Å². The Hall–Kier alpha value is -3.16. The standard InChI is InChI=1S/C20H22FNO6/c1-3-27-16(23)11-15-17(20(26)28-4-2)14(18(22-15)19(24)25)9-8-12-6-5-7-13(21)10-12/h5-7,10,22H,3-4,8-9,11H2,1-2H3,(H,24,25). The average Bonchev–Trinajstić information content (AvgIpc) is 2.99. The summed E-state index contributed by atoms with van der Waals surface area (Å²) < 4.78 is 23.3. The Morgan fingerprint density at radius 1 is 1.11 bits per heavy atom. The molecule has 7 nitrogen and oxygen atoms in total. The van der Waals surface area contributed by atoms with Crippen LogP contribution in [-0.2, 0) is 33.5 Å². The lowest BCUT2D eigenvalue weighted by Gasteiger charge is -2.08. The summed E-state index contributed by atoms with van der Waals surface area (Å²) in [5.41, 5.74) is 0.819. The fraction of sp³-hybridized carbons (Fsp3) is 0.350. The number of aromatic nitrogens is 1. The van der Waals surface area contributed by atoms with Crippen LogP contribution in [0.2, 0.25) is 0 Å². The number of H-pyrrole nitrogens is 1. The molecule has 0 amide bonds. The second-order valence-corrected chi connectivity index (χ2v) is 5.97. The van der Waals surface area contributed by atoms with Crippen molar-refractivity contribution in [1.82, 2.24) is 4.98 Å². The van der Waals surface area contributed by atoms with Crippen LogP contribution in [0, 0.1) is 5.82 Å². The van der Waals surface area contributed by atoms with Crippen molar-refractivity contribution in [3.8, 4) is 0 Å². The molecule has 28 heavy (non-hydrogen) atoms. The number of aromatic amines is 1. The molecule has 0 aliphatic carbocycles. The molecule has 0 bridgehead atoms. The number of halogens is 1. The number of hydrogen-bond acceptors (Lipinski definition) is 5. The molecule has 1 aromatic carbocycles. The maximum atomic E-state index is 13.4. The molecular weight excluding hydrogens is 369 g/mol. The van der Waals surface area contributed by atoms with Gasteiger partial charge >= 0.3 is 17.9 Å². The highest BCUT2D eigenvalue weighted by Crippen LogP contribution is 2.24. The SMILES string of the molecule is CCOC(=O)Cc1[nH]c(C(=O)O)c(CCc2cccc(F)c2)c1C(=O)OCC. The summed E-state index contributed by atoms with van der Waals surface area (Å²) in [7, 11) is 0. The van der Waals surface area contributed by atoms with Crippen molar-refractivity contribution < 1.29 is 33.4 Å². The molecule has 150 valence electrons. The first-order valence-electron chi connectivity index (χ1n) is 8.91. The number of benzene rings is 1. The van der Waals surface area contributed by atoms with Crippen molar-refractivity contribution in [3.05, 3.63) is 58.2 Å². The maximum Gasteiger partial charge on any atom is 0.352 e. The van der Waals surface area contributed by atoms with Gasteiger partial charge in [0.25, 0.3) is 0 Å². The fourth-order valence-electron chi connectivity index (χ4n) is 2.93. The van der Waals surface area contributed by atoms with Crippen LogP contribution < -0.4 is 0 Å². The lowest BCUT2D eigenvalue weighted by molar-refractivity contribution is -0.142. The van der Waals surface area contributed by atoms with Crippen molar-refractivity contribution in [2.45, 2.75) is 33.1 Å². The van der Waals surface area contributed by atoms with E-state index in [1.807, 2.05) is 0 Å². The molecule has 1 heterocycles. The summed E-state index contributed by atoms with van der Waals surface area (Å²) in [6.45, 7) is 3.52. The third-order valence-electron chi connectivity index (χ3n) is 4.05. The predicted octanol–water partition coefficient (Wildman–Crippen LogP) is 2.92. The highest BCUT2D eigenvalue weighted by atomic mass is 19.1. The predicted molar refractivity (Wildman–Crippen MR) is 97.9 cm³/mol. The first-order chi connectivity index (χ1) is 13.4. The molecule has 0 saturated heterocycles. The van der Waals surface area contributed by atoms with Crippen LogP contribution in [0.15, 0.2) is 24.3 Å². The number of rotatable bonds is 9. The molecule has 0 spiro atoms. The first-order valence-corrected chi connectivity index (χ1v) is 8.91. The summed E-state index contributed by atoms with van der Waals surface area (Å²) >= 11 is 0. The smallest absolute Gasteiger partial charge is 0.352 e. The summed E-state index contributed by atoms with van der Waals surface area (Å²) in [5.74, 6) is -2.99. The van der Waals surface area contributed by atoms with Crippen molar-refractivity contribution in [1.29, 1.82) is 0 Å². The largest absolute Gasteiger partial charge is 0.477 e. The van der Waals surface area contributed by atoms with Crippen LogP contribution in [-0.4, -0.2) is 41.2 Å². The number of aromatic carboxylic acids is 1. The van der Waals surface area contributed by atoms with Gasteiger partial charge in [-0.1, -0.05) is 12.1 Å². The molecule has 0 fully saturated rings. The van der Waals surface area contributed by atoms with Crippen molar-refractivity contribution in [3.63, 3.8) is 0 Å². The summed E-state index contributed by atoms with van der Waals surface area (Å²) in [4.78, 5) is 38.7. The second-order valence-electron chi connectivity index (χ2n) is 5.97. The van der Waals surface area contributed by atoms with Gasteiger partial charge in [0.2, 0.25) is 0 Å². The van der Waals surface area contributed by atoms with E-state index >= 15 is 0 Å². The molecule has 2 aromatic rings. The third kappa shape index (κ3) is 5.18. The number of nitrogens with one attached hydrogen (secondary N) is 1. The Balaban J connectivity index is 2.43. The van der Waals surface area contributed by atoms with Gasteiger partial charge in [-0.2, -0.15) is 0 Å². The van der Waals surface area contributed by atoms with Gasteiger partial charge in [-0.15, -0.1) is 0 Å². The van der Waals surface area contributed by atoms with E-state index in [0.717, 1.165) is 0 Å². The number of aryl methyl sites for hydroxylation is 1. The molecule has 2 N–H and O–H groups in total. The minimum absolute atomic E-state index is 0.0173. The lowest BCUT2D eigenvalue weighted by Crippen LogP contribution is -2.14. The molecule has 2 rings (SSSR count). The number of carboxylic acids is 1. The summed E-state index contributed by atoms with van der Waals surface area (Å²) in [5, 5.41) is 9.53. The lowest BCUT2D eigenvalue weighted by atomic mass is 9.99. The Morgan fingerprint density at radius 3 is 2.43 bits per heavy atom. The van der Waals surface area contributed by atoms with Gasteiger partial charge in [-0.25, -0.2) is 14.0 Å². The molecule has 0 atom stereocenters. The summed E-state index contributed by atoms with van der Waals surface area (Å²) in [6.07, 6.45) is 0.169. The van der Waals surface area contributed by atoms with Gasteiger partial charge in [0.05, 0.1) is 25.2 Å². The van der Waals surface area contributed by atoms with Crippen LogP contribution >= 0.6 is 0 Å². The Labute approximate surface area is 161 Å². The van der Waals surface area contributed by atoms with E-state index in [4.69, 9.17) is 9.47 Å². The highest BCUT2D eigenvalue weighted by Gasteiger charge is 2.28. The maximum absolute atomic E-state index is 13.4. The number of ether oxygens (including phenoxy) is 2. The monoisotopic (exact) mass is 391 g/mol. The van der Waals surface area contributed by atoms with Crippen LogP contribution in [0.25, 0.3) is 0 Å². The first kappa shape index (κ1) is 21.1. The van der Waals surface area contributed by atoms with E-state index in [-0.39, 0.29) is 48.6 Å². The van der Waals surface area contributed by atoms with Gasteiger partial charge in [0, 0.05) is 5.69 Å². The quantitative estimate of drug-likeness (QED) is 0.637. The zero-order chi connectivity index (χ0) is 20.7. The second kappa shape index (κ2) is 9.68. The molecule has 0 radical (unpaired) electrons. The number of hydrogen-bond donors (Lipinski definition) is 2. The minimum atomic E-state index is -1.27. The van der Waals surface area contributed by atoms with E-state index < -0.39 is 23.7 Å². The topological polar surface area (TPSA) is 106 Å².